The molecular formula is C38H48O4. The summed E-state index contributed by atoms with van der Waals surface area (Å²) in [6.07, 6.45) is 9.85. The van der Waals surface area contributed by atoms with Crippen LogP contribution in [0.5, 0.6) is 5.75 Å². The van der Waals surface area contributed by atoms with Crippen LogP contribution in [-0.4, -0.2) is 29.4 Å². The van der Waals surface area contributed by atoms with Crippen LogP contribution in [0.1, 0.15) is 93.4 Å². The summed E-state index contributed by atoms with van der Waals surface area (Å²) in [7, 11) is 0. The summed E-state index contributed by atoms with van der Waals surface area (Å²) in [5.41, 5.74) is 9.46. The Labute approximate surface area is 252 Å². The van der Waals surface area contributed by atoms with Crippen molar-refractivity contribution in [2.75, 3.05) is 13.2 Å². The number of aliphatic hydroxyl groups is 2. The van der Waals surface area contributed by atoms with E-state index in [1.54, 1.807) is 6.92 Å². The van der Waals surface area contributed by atoms with Crippen molar-refractivity contribution in [1.82, 2.24) is 0 Å². The van der Waals surface area contributed by atoms with Crippen LogP contribution >= 0.6 is 0 Å². The largest absolute Gasteiger partial charge is 0.423 e. The zero-order valence-corrected chi connectivity index (χ0v) is 25.8. The lowest BCUT2D eigenvalue weighted by atomic mass is 9.78. The summed E-state index contributed by atoms with van der Waals surface area (Å²) in [4.78, 5) is 12.8. The first kappa shape index (κ1) is 31.7. The lowest BCUT2D eigenvalue weighted by Crippen LogP contribution is -2.11. The Morgan fingerprint density at radius 2 is 1.62 bits per heavy atom. The Bertz CT molecular complexity index is 1360. The molecule has 1 aliphatic rings. The molecular weight excluding hydrogens is 520 g/mol. The van der Waals surface area contributed by atoms with Crippen molar-refractivity contribution in [1.29, 1.82) is 0 Å². The van der Waals surface area contributed by atoms with Crippen LogP contribution in [0.2, 0.25) is 0 Å². The zero-order chi connectivity index (χ0) is 30.1. The fourth-order valence-electron chi connectivity index (χ4n) is 6.22. The highest BCUT2D eigenvalue weighted by Crippen LogP contribution is 2.41. The zero-order valence-electron chi connectivity index (χ0n) is 25.8. The first-order valence-corrected chi connectivity index (χ1v) is 15.8. The second kappa shape index (κ2) is 15.3. The number of benzene rings is 3. The lowest BCUT2D eigenvalue weighted by Gasteiger charge is -2.27. The van der Waals surface area contributed by atoms with Gasteiger partial charge < -0.3 is 14.9 Å². The van der Waals surface area contributed by atoms with Gasteiger partial charge in [-0.15, -0.1) is 0 Å². The predicted molar refractivity (Wildman–Crippen MR) is 173 cm³/mol. The predicted octanol–water partition coefficient (Wildman–Crippen LogP) is 8.73. The molecule has 4 nitrogen and oxygen atoms in total. The van der Waals surface area contributed by atoms with E-state index in [0.717, 1.165) is 65.8 Å². The number of hydrogen-bond acceptors (Lipinski definition) is 4. The van der Waals surface area contributed by atoms with E-state index in [-0.39, 0.29) is 13.2 Å². The van der Waals surface area contributed by atoms with Crippen molar-refractivity contribution >= 4 is 5.97 Å². The quantitative estimate of drug-likeness (QED) is 0.0936. The Morgan fingerprint density at radius 1 is 0.857 bits per heavy atom. The van der Waals surface area contributed by atoms with Gasteiger partial charge in [0.05, 0.1) is 0 Å². The number of carbonyl (C=O) groups excluding carboxylic acids is 1. The summed E-state index contributed by atoms with van der Waals surface area (Å²) in [6.45, 7) is 10.4. The van der Waals surface area contributed by atoms with Gasteiger partial charge >= 0.3 is 5.97 Å². The van der Waals surface area contributed by atoms with Crippen molar-refractivity contribution in [3.8, 4) is 28.0 Å². The Hall–Kier alpha value is -3.21. The number of aryl methyl sites for hydroxylation is 2. The maximum Gasteiger partial charge on any atom is 0.338 e. The molecule has 4 rings (SSSR count). The average molecular weight is 569 g/mol. The molecule has 0 atom stereocenters. The highest BCUT2D eigenvalue weighted by molar-refractivity contribution is 5.90. The topological polar surface area (TPSA) is 66.8 Å². The van der Waals surface area contributed by atoms with E-state index in [2.05, 4.69) is 69.0 Å². The van der Waals surface area contributed by atoms with Gasteiger partial charge in [-0.05, 0) is 122 Å². The maximum atomic E-state index is 12.8. The van der Waals surface area contributed by atoms with E-state index in [0.29, 0.717) is 23.7 Å². The van der Waals surface area contributed by atoms with E-state index in [1.807, 2.05) is 6.07 Å². The summed E-state index contributed by atoms with van der Waals surface area (Å²) in [5, 5.41) is 18.7. The van der Waals surface area contributed by atoms with Crippen LogP contribution in [0.3, 0.4) is 0 Å². The number of unbranched alkanes of at least 4 members (excludes halogenated alkanes) is 2. The minimum atomic E-state index is -0.426. The molecule has 0 radical (unpaired) electrons. The fourth-order valence-corrected chi connectivity index (χ4v) is 6.22. The SMILES string of the molecule is C=C(C)C(=O)Oc1cc(-c2ccc(C3CCC(C)CC3)cc2C)cc(-c2cccc(CCCO)c2)c1CCCCCO. The van der Waals surface area contributed by atoms with Gasteiger partial charge in [0.25, 0.3) is 0 Å². The highest BCUT2D eigenvalue weighted by atomic mass is 16.5. The first-order valence-electron chi connectivity index (χ1n) is 15.8. The summed E-state index contributed by atoms with van der Waals surface area (Å²) in [6, 6.07) is 19.6. The van der Waals surface area contributed by atoms with Gasteiger partial charge in [0.15, 0.2) is 0 Å². The summed E-state index contributed by atoms with van der Waals surface area (Å²) >= 11 is 0. The van der Waals surface area contributed by atoms with E-state index in [1.165, 1.54) is 42.4 Å². The van der Waals surface area contributed by atoms with Crippen molar-refractivity contribution in [3.63, 3.8) is 0 Å². The van der Waals surface area contributed by atoms with Crippen molar-refractivity contribution in [2.24, 2.45) is 5.92 Å². The second-order valence-electron chi connectivity index (χ2n) is 12.3. The molecule has 0 aromatic heterocycles. The smallest absolute Gasteiger partial charge is 0.338 e. The molecule has 0 heterocycles. The number of rotatable bonds is 13. The fraction of sp³-hybridized carbons (Fsp3) is 0.447. The van der Waals surface area contributed by atoms with Crippen molar-refractivity contribution in [2.45, 2.75) is 90.9 Å². The molecule has 0 saturated heterocycles. The van der Waals surface area contributed by atoms with Crippen LogP contribution in [0.15, 0.2) is 66.7 Å². The maximum absolute atomic E-state index is 12.8. The standard InChI is InChI=1S/C38H48O4/c1-26(2)38(41)42-37-25-33(34-19-18-31(22-28(34)4)30-16-14-27(3)15-17-30)24-36(35(37)13-6-5-7-20-39)32-12-8-10-29(23-32)11-9-21-40/h8,10,12,18-19,22-25,27,30,39-40H,1,5-7,9,11,13-17,20-21H2,2-4H3. The van der Waals surface area contributed by atoms with Gasteiger partial charge in [-0.1, -0.05) is 75.2 Å². The molecule has 0 bridgehead atoms. The summed E-state index contributed by atoms with van der Waals surface area (Å²) in [5.74, 6) is 1.60. The number of carbonyl (C=O) groups is 1. The monoisotopic (exact) mass is 568 g/mol. The molecule has 0 aliphatic heterocycles. The Kier molecular flexibility index (Phi) is 11.6. The Balaban J connectivity index is 1.82. The third-order valence-electron chi connectivity index (χ3n) is 8.76. The molecule has 3 aromatic carbocycles. The molecule has 4 heteroatoms. The molecule has 0 amide bonds. The molecule has 1 saturated carbocycles. The van der Waals surface area contributed by atoms with Crippen molar-refractivity contribution in [3.05, 3.63) is 89.0 Å². The number of hydrogen-bond donors (Lipinski definition) is 2. The van der Waals surface area contributed by atoms with E-state index in [9.17, 15) is 15.0 Å². The van der Waals surface area contributed by atoms with Gasteiger partial charge in [-0.2, -0.15) is 0 Å². The van der Waals surface area contributed by atoms with E-state index >= 15 is 0 Å². The normalized spacial score (nSPS) is 16.8. The van der Waals surface area contributed by atoms with Crippen LogP contribution < -0.4 is 4.74 Å². The van der Waals surface area contributed by atoms with Gasteiger partial charge in [0.1, 0.15) is 5.75 Å². The molecule has 0 spiro atoms. The van der Waals surface area contributed by atoms with Gasteiger partial charge in [-0.3, -0.25) is 0 Å². The van der Waals surface area contributed by atoms with Crippen LogP contribution in [-0.2, 0) is 17.6 Å². The van der Waals surface area contributed by atoms with Gasteiger partial charge in [-0.25, -0.2) is 4.79 Å². The van der Waals surface area contributed by atoms with Crippen LogP contribution in [0.4, 0.5) is 0 Å². The molecule has 0 unspecified atom stereocenters. The Morgan fingerprint density at radius 3 is 2.31 bits per heavy atom. The minimum Gasteiger partial charge on any atom is -0.423 e. The van der Waals surface area contributed by atoms with E-state index in [4.69, 9.17) is 4.74 Å². The molecule has 1 aliphatic carbocycles. The third kappa shape index (κ3) is 8.20. The number of ether oxygens (including phenoxy) is 1. The second-order valence-corrected chi connectivity index (χ2v) is 12.3. The van der Waals surface area contributed by atoms with Crippen molar-refractivity contribution < 1.29 is 19.7 Å². The average Bonchev–Trinajstić information content (AvgIpc) is 2.99. The minimum absolute atomic E-state index is 0.159. The highest BCUT2D eigenvalue weighted by Gasteiger charge is 2.22. The molecule has 2 N–H and O–H groups in total. The van der Waals surface area contributed by atoms with Gasteiger partial charge in [0, 0.05) is 24.4 Å². The molecule has 42 heavy (non-hydrogen) atoms. The van der Waals surface area contributed by atoms with Crippen LogP contribution in [0.25, 0.3) is 22.3 Å². The molecule has 1 fully saturated rings. The molecule has 224 valence electrons. The molecule has 3 aromatic rings. The van der Waals surface area contributed by atoms with Crippen LogP contribution in [0, 0.1) is 12.8 Å². The third-order valence-corrected chi connectivity index (χ3v) is 8.76. The number of aliphatic hydroxyl groups excluding tert-OH is 2. The summed E-state index contributed by atoms with van der Waals surface area (Å²) < 4.78 is 6.03. The van der Waals surface area contributed by atoms with Gasteiger partial charge in [0.2, 0.25) is 0 Å². The number of esters is 1. The lowest BCUT2D eigenvalue weighted by molar-refractivity contribution is -0.130. The first-order chi connectivity index (χ1) is 20.3. The van der Waals surface area contributed by atoms with E-state index < -0.39 is 5.97 Å².